The largest absolute Gasteiger partial charge is 0.324 e. The highest BCUT2D eigenvalue weighted by molar-refractivity contribution is 7.02. The highest BCUT2D eigenvalue weighted by atomic mass is 32.1. The predicted octanol–water partition coefficient (Wildman–Crippen LogP) is 3.71. The zero-order chi connectivity index (χ0) is 18.7. The number of aromatic nitrogens is 2. The summed E-state index contributed by atoms with van der Waals surface area (Å²) >= 11 is 1.30. The summed E-state index contributed by atoms with van der Waals surface area (Å²) in [5.74, 6) is 0.716. The van der Waals surface area contributed by atoms with Gasteiger partial charge in [-0.2, -0.15) is 4.37 Å². The van der Waals surface area contributed by atoms with Gasteiger partial charge in [0.05, 0.1) is 5.69 Å². The quantitative estimate of drug-likeness (QED) is 0.765. The molecule has 0 aliphatic rings. The van der Waals surface area contributed by atoms with Gasteiger partial charge in [0.2, 0.25) is 10.7 Å². The van der Waals surface area contributed by atoms with E-state index in [9.17, 15) is 4.79 Å². The van der Waals surface area contributed by atoms with Crippen LogP contribution in [0, 0.1) is 27.7 Å². The number of anilines is 1. The molecule has 134 valence electrons. The number of nitrogens with zero attached hydrogens (tertiary/aromatic N) is 3. The fourth-order valence-corrected chi connectivity index (χ4v) is 3.39. The van der Waals surface area contributed by atoms with E-state index >= 15 is 0 Å². The Morgan fingerprint density at radius 3 is 2.58 bits per heavy atom. The average molecular weight is 366 g/mol. The maximum absolute atomic E-state index is 12.2. The van der Waals surface area contributed by atoms with Gasteiger partial charge >= 0.3 is 0 Å². The second kappa shape index (κ2) is 7.66. The molecular weight excluding hydrogens is 344 g/mol. The van der Waals surface area contributed by atoms with E-state index in [1.165, 1.54) is 22.7 Å². The minimum atomic E-state index is -0.146. The number of carbonyl (C=O) groups excluding carboxylic acids is 1. The first kappa shape index (κ1) is 18.1. The summed E-state index contributed by atoms with van der Waals surface area (Å²) in [7, 11) is 0. The molecule has 0 unspecified atom stereocenters. The monoisotopic (exact) mass is 366 g/mol. The molecule has 0 saturated heterocycles. The number of amides is 1. The van der Waals surface area contributed by atoms with Crippen LogP contribution in [0.1, 0.15) is 22.5 Å². The second-order valence-electron chi connectivity index (χ2n) is 6.30. The number of hydrogen-bond acceptors (Lipinski definition) is 4. The van der Waals surface area contributed by atoms with Crippen LogP contribution in [0.5, 0.6) is 0 Å². The number of hydrogen-bond donors (Lipinski definition) is 1. The Balaban J connectivity index is 1.85. The van der Waals surface area contributed by atoms with Crippen molar-refractivity contribution in [1.29, 1.82) is 0 Å². The van der Waals surface area contributed by atoms with E-state index in [0.717, 1.165) is 27.6 Å². The van der Waals surface area contributed by atoms with Crippen molar-refractivity contribution in [3.63, 3.8) is 0 Å². The Labute approximate surface area is 157 Å². The number of nitrogens with one attached hydrogen (secondary N) is 1. The Morgan fingerprint density at radius 2 is 1.85 bits per heavy atom. The Bertz CT molecular complexity index is 999. The lowest BCUT2D eigenvalue weighted by Gasteiger charge is -2.10. The van der Waals surface area contributed by atoms with Crippen LogP contribution < -0.4 is 10.1 Å². The first-order valence-electron chi connectivity index (χ1n) is 8.44. The summed E-state index contributed by atoms with van der Waals surface area (Å²) in [5.41, 5.74) is 5.38. The molecule has 1 amide bonds. The van der Waals surface area contributed by atoms with Crippen LogP contribution in [0.15, 0.2) is 47.5 Å². The van der Waals surface area contributed by atoms with Crippen LogP contribution in [0.4, 0.5) is 5.69 Å². The lowest BCUT2D eigenvalue weighted by molar-refractivity contribution is -0.114. The molecule has 2 aromatic carbocycles. The third-order valence-electron chi connectivity index (χ3n) is 4.28. The van der Waals surface area contributed by atoms with Crippen molar-refractivity contribution in [3.05, 3.63) is 69.8 Å². The van der Waals surface area contributed by atoms with Crippen molar-refractivity contribution in [2.45, 2.75) is 27.7 Å². The topological polar surface area (TPSA) is 59.3 Å². The lowest BCUT2D eigenvalue weighted by atomic mass is 10.1. The maximum Gasteiger partial charge on any atom is 0.246 e. The van der Waals surface area contributed by atoms with Crippen molar-refractivity contribution in [1.82, 2.24) is 8.94 Å². The molecule has 0 fully saturated rings. The molecule has 26 heavy (non-hydrogen) atoms. The van der Waals surface area contributed by atoms with Gasteiger partial charge in [-0.3, -0.25) is 9.36 Å². The summed E-state index contributed by atoms with van der Waals surface area (Å²) < 4.78 is 6.42. The van der Waals surface area contributed by atoms with Crippen molar-refractivity contribution >= 4 is 23.1 Å². The van der Waals surface area contributed by atoms with E-state index in [2.05, 4.69) is 40.7 Å². The van der Waals surface area contributed by atoms with E-state index in [1.54, 1.807) is 0 Å². The molecule has 0 saturated carbocycles. The molecule has 0 aliphatic heterocycles. The van der Waals surface area contributed by atoms with Crippen LogP contribution in [0.3, 0.4) is 0 Å². The summed E-state index contributed by atoms with van der Waals surface area (Å²) in [6.07, 6.45) is 0. The summed E-state index contributed by atoms with van der Waals surface area (Å²) in [6.45, 7) is 8.19. The zero-order valence-corrected chi connectivity index (χ0v) is 16.2. The summed E-state index contributed by atoms with van der Waals surface area (Å²) in [6, 6.07) is 13.9. The van der Waals surface area contributed by atoms with Gasteiger partial charge in [-0.05, 0) is 57.0 Å². The van der Waals surface area contributed by atoms with E-state index < -0.39 is 0 Å². The molecule has 0 radical (unpaired) electrons. The predicted molar refractivity (Wildman–Crippen MR) is 106 cm³/mol. The van der Waals surface area contributed by atoms with Gasteiger partial charge in [0.25, 0.3) is 0 Å². The highest BCUT2D eigenvalue weighted by Crippen LogP contribution is 2.17. The van der Waals surface area contributed by atoms with Crippen LogP contribution in [0.25, 0.3) is 5.69 Å². The first-order chi connectivity index (χ1) is 12.5. The summed E-state index contributed by atoms with van der Waals surface area (Å²) in [4.78, 5) is 17.4. The van der Waals surface area contributed by atoms with Crippen molar-refractivity contribution in [2.24, 2.45) is 4.99 Å². The van der Waals surface area contributed by atoms with Gasteiger partial charge in [0, 0.05) is 17.2 Å². The van der Waals surface area contributed by atoms with Gasteiger partial charge in [-0.25, -0.2) is 4.99 Å². The van der Waals surface area contributed by atoms with Crippen LogP contribution in [-0.2, 0) is 4.79 Å². The second-order valence-corrected chi connectivity index (χ2v) is 7.03. The number of benzene rings is 2. The fraction of sp³-hybridized carbons (Fsp3) is 0.250. The van der Waals surface area contributed by atoms with Gasteiger partial charge < -0.3 is 5.32 Å². The van der Waals surface area contributed by atoms with E-state index in [0.29, 0.717) is 0 Å². The van der Waals surface area contributed by atoms with Gasteiger partial charge in [-0.15, -0.1) is 0 Å². The molecule has 3 rings (SSSR count). The van der Waals surface area contributed by atoms with Gasteiger partial charge in [0.1, 0.15) is 12.4 Å². The number of carbonyl (C=O) groups is 1. The zero-order valence-electron chi connectivity index (χ0n) is 15.4. The smallest absolute Gasteiger partial charge is 0.246 e. The fourth-order valence-electron chi connectivity index (χ4n) is 2.66. The summed E-state index contributed by atoms with van der Waals surface area (Å²) in [5, 5.41) is 2.87. The molecule has 6 heteroatoms. The standard InChI is InChI=1S/C20H22N4OS/c1-13-8-10-17(11-9-13)22-19(25)12-21-20-24(16(4)23-26-20)18-7-5-6-14(2)15(18)3/h5-11H,12H2,1-4H3,(H,22,25). The maximum atomic E-state index is 12.2. The third-order valence-corrected chi connectivity index (χ3v) is 5.11. The molecule has 5 nitrogen and oxygen atoms in total. The Hall–Kier alpha value is -2.73. The van der Waals surface area contributed by atoms with E-state index in [4.69, 9.17) is 0 Å². The van der Waals surface area contributed by atoms with Crippen LogP contribution in [0.2, 0.25) is 0 Å². The number of rotatable bonds is 4. The van der Waals surface area contributed by atoms with Crippen molar-refractivity contribution in [3.8, 4) is 5.69 Å². The molecule has 1 N–H and O–H groups in total. The van der Waals surface area contributed by atoms with Crippen molar-refractivity contribution in [2.75, 3.05) is 11.9 Å². The molecular formula is C20H22N4OS. The molecule has 0 atom stereocenters. The molecule has 1 aromatic heterocycles. The Kier molecular flexibility index (Phi) is 5.32. The average Bonchev–Trinajstić information content (AvgIpc) is 2.98. The molecule has 0 bridgehead atoms. The molecule has 0 spiro atoms. The minimum absolute atomic E-state index is 0.0559. The highest BCUT2D eigenvalue weighted by Gasteiger charge is 2.10. The SMILES string of the molecule is Cc1ccc(NC(=O)CN=c2snc(C)n2-c2cccc(C)c2C)cc1. The number of aryl methyl sites for hydroxylation is 3. The van der Waals surface area contributed by atoms with Crippen LogP contribution in [-0.4, -0.2) is 21.4 Å². The first-order valence-corrected chi connectivity index (χ1v) is 9.22. The Morgan fingerprint density at radius 1 is 1.12 bits per heavy atom. The minimum Gasteiger partial charge on any atom is -0.324 e. The molecule has 0 aliphatic carbocycles. The normalized spacial score (nSPS) is 11.6. The van der Waals surface area contributed by atoms with Gasteiger partial charge in [-0.1, -0.05) is 29.8 Å². The van der Waals surface area contributed by atoms with Gasteiger partial charge in [0.15, 0.2) is 0 Å². The third kappa shape index (κ3) is 3.91. The van der Waals surface area contributed by atoms with E-state index in [1.807, 2.05) is 48.7 Å². The molecule has 1 heterocycles. The lowest BCUT2D eigenvalue weighted by Crippen LogP contribution is -2.20. The van der Waals surface area contributed by atoms with Crippen LogP contribution >= 0.6 is 11.5 Å². The van der Waals surface area contributed by atoms with E-state index in [-0.39, 0.29) is 12.5 Å². The molecule has 3 aromatic rings. The van der Waals surface area contributed by atoms with Crippen molar-refractivity contribution < 1.29 is 4.79 Å².